The molecule has 0 radical (unpaired) electrons. The van der Waals surface area contributed by atoms with Crippen LogP contribution in [-0.4, -0.2) is 14.0 Å². The van der Waals surface area contributed by atoms with Crippen molar-refractivity contribution in [2.45, 2.75) is 37.1 Å². The summed E-state index contributed by atoms with van der Waals surface area (Å²) in [5.74, 6) is 0.0494. The average molecular weight is 287 g/mol. The highest BCUT2D eigenvalue weighted by molar-refractivity contribution is 7.89. The zero-order valence-corrected chi connectivity index (χ0v) is 11.5. The Labute approximate surface area is 112 Å². The molecule has 104 valence electrons. The normalized spacial score (nSPS) is 12.2. The first-order valence-electron chi connectivity index (χ1n) is 5.77. The molecule has 0 fully saturated rings. The molecule has 0 amide bonds. The number of sulfonamides is 1. The molecule has 0 aliphatic carbocycles. The van der Waals surface area contributed by atoms with Gasteiger partial charge in [0.25, 0.3) is 0 Å². The van der Waals surface area contributed by atoms with Gasteiger partial charge in [0.15, 0.2) is 4.90 Å². The van der Waals surface area contributed by atoms with E-state index in [1.807, 2.05) is 0 Å². The van der Waals surface area contributed by atoms with Gasteiger partial charge in [-0.05, 0) is 25.0 Å². The number of terminal acetylenes is 1. The van der Waals surface area contributed by atoms with Crippen molar-refractivity contribution in [3.05, 3.63) is 29.8 Å². The standard InChI is InChI=1S/C13H15F2NO2S/c1-4-13(5-2,6-3)16-19(17,18)12-10(14)8-7-9-11(12)15/h1,7-9,16H,5-6H2,2-3H3. The van der Waals surface area contributed by atoms with Crippen LogP contribution in [0.4, 0.5) is 8.78 Å². The molecule has 0 saturated carbocycles. The lowest BCUT2D eigenvalue weighted by Gasteiger charge is -2.26. The van der Waals surface area contributed by atoms with Crippen molar-refractivity contribution in [2.75, 3.05) is 0 Å². The van der Waals surface area contributed by atoms with Gasteiger partial charge < -0.3 is 0 Å². The first kappa shape index (κ1) is 15.6. The lowest BCUT2D eigenvalue weighted by atomic mass is 9.96. The lowest BCUT2D eigenvalue weighted by molar-refractivity contribution is 0.444. The van der Waals surface area contributed by atoms with E-state index >= 15 is 0 Å². The summed E-state index contributed by atoms with van der Waals surface area (Å²) < 4.78 is 53.4. The van der Waals surface area contributed by atoms with Crippen LogP contribution in [0.3, 0.4) is 0 Å². The highest BCUT2D eigenvalue weighted by Gasteiger charge is 2.33. The summed E-state index contributed by atoms with van der Waals surface area (Å²) in [6, 6.07) is 2.86. The Balaban J connectivity index is 3.31. The Morgan fingerprint density at radius 1 is 1.26 bits per heavy atom. The van der Waals surface area contributed by atoms with Crippen LogP contribution in [-0.2, 0) is 10.0 Å². The molecule has 0 aromatic heterocycles. The number of nitrogens with one attached hydrogen (secondary N) is 1. The maximum atomic E-state index is 13.5. The molecule has 0 saturated heterocycles. The molecule has 1 N–H and O–H groups in total. The van der Waals surface area contributed by atoms with Gasteiger partial charge in [-0.3, -0.25) is 0 Å². The summed E-state index contributed by atoms with van der Waals surface area (Å²) in [5.41, 5.74) is -1.15. The lowest BCUT2D eigenvalue weighted by Crippen LogP contribution is -2.46. The van der Waals surface area contributed by atoms with Crippen molar-refractivity contribution >= 4 is 10.0 Å². The van der Waals surface area contributed by atoms with Crippen LogP contribution in [0.25, 0.3) is 0 Å². The highest BCUT2D eigenvalue weighted by Crippen LogP contribution is 2.22. The van der Waals surface area contributed by atoms with E-state index in [0.717, 1.165) is 18.2 Å². The van der Waals surface area contributed by atoms with E-state index in [2.05, 4.69) is 10.6 Å². The Hall–Kier alpha value is -1.45. The summed E-state index contributed by atoms with van der Waals surface area (Å²) in [5, 5.41) is 0. The van der Waals surface area contributed by atoms with Gasteiger partial charge in [0, 0.05) is 0 Å². The van der Waals surface area contributed by atoms with Gasteiger partial charge in [0.05, 0.1) is 5.54 Å². The van der Waals surface area contributed by atoms with Gasteiger partial charge in [-0.2, -0.15) is 4.72 Å². The second-order valence-electron chi connectivity index (χ2n) is 4.09. The minimum absolute atomic E-state index is 0.315. The van der Waals surface area contributed by atoms with E-state index < -0.39 is 32.1 Å². The maximum Gasteiger partial charge on any atom is 0.247 e. The number of hydrogen-bond acceptors (Lipinski definition) is 2. The molecular formula is C13H15F2NO2S. The topological polar surface area (TPSA) is 46.2 Å². The fourth-order valence-electron chi connectivity index (χ4n) is 1.68. The quantitative estimate of drug-likeness (QED) is 0.845. The largest absolute Gasteiger partial charge is 0.247 e. The molecule has 0 bridgehead atoms. The molecule has 19 heavy (non-hydrogen) atoms. The Morgan fingerprint density at radius 3 is 2.11 bits per heavy atom. The van der Waals surface area contributed by atoms with Crippen LogP contribution in [0.15, 0.2) is 23.1 Å². The van der Waals surface area contributed by atoms with E-state index in [9.17, 15) is 17.2 Å². The van der Waals surface area contributed by atoms with Gasteiger partial charge in [0.1, 0.15) is 11.6 Å². The van der Waals surface area contributed by atoms with Crippen LogP contribution >= 0.6 is 0 Å². The molecular weight excluding hydrogens is 272 g/mol. The fourth-order valence-corrected chi connectivity index (χ4v) is 3.29. The molecule has 0 aliphatic rings. The summed E-state index contributed by atoms with van der Waals surface area (Å²) in [6.07, 6.45) is 5.96. The van der Waals surface area contributed by atoms with E-state index in [1.54, 1.807) is 13.8 Å². The van der Waals surface area contributed by atoms with Crippen molar-refractivity contribution in [1.29, 1.82) is 0 Å². The van der Waals surface area contributed by atoms with Crippen molar-refractivity contribution in [2.24, 2.45) is 0 Å². The summed E-state index contributed by atoms with van der Waals surface area (Å²) in [7, 11) is -4.36. The Kier molecular flexibility index (Phi) is 4.66. The monoisotopic (exact) mass is 287 g/mol. The summed E-state index contributed by atoms with van der Waals surface area (Å²) in [4.78, 5) is -1.00. The van der Waals surface area contributed by atoms with Gasteiger partial charge in [-0.25, -0.2) is 17.2 Å². The molecule has 1 rings (SSSR count). The second-order valence-corrected chi connectivity index (χ2v) is 5.71. The van der Waals surface area contributed by atoms with Crippen molar-refractivity contribution in [3.63, 3.8) is 0 Å². The molecule has 0 atom stereocenters. The molecule has 0 aliphatic heterocycles. The fraction of sp³-hybridized carbons (Fsp3) is 0.385. The molecule has 0 heterocycles. The van der Waals surface area contributed by atoms with E-state index in [0.29, 0.717) is 12.8 Å². The molecule has 0 unspecified atom stereocenters. The summed E-state index contributed by atoms with van der Waals surface area (Å²) >= 11 is 0. The van der Waals surface area contributed by atoms with Gasteiger partial charge >= 0.3 is 0 Å². The third-order valence-corrected chi connectivity index (χ3v) is 4.59. The molecule has 0 spiro atoms. The molecule has 1 aromatic carbocycles. The van der Waals surface area contributed by atoms with Crippen LogP contribution < -0.4 is 4.72 Å². The Bertz CT molecular complexity index is 581. The van der Waals surface area contributed by atoms with E-state index in [1.165, 1.54) is 0 Å². The molecule has 3 nitrogen and oxygen atoms in total. The number of hydrogen-bond donors (Lipinski definition) is 1. The number of halogens is 2. The SMILES string of the molecule is C#CC(CC)(CC)NS(=O)(=O)c1c(F)cccc1F. The van der Waals surface area contributed by atoms with E-state index in [4.69, 9.17) is 6.42 Å². The average Bonchev–Trinajstić information content (AvgIpc) is 2.35. The molecule has 6 heteroatoms. The van der Waals surface area contributed by atoms with Crippen LogP contribution in [0.1, 0.15) is 26.7 Å². The Morgan fingerprint density at radius 2 is 1.74 bits per heavy atom. The first-order valence-corrected chi connectivity index (χ1v) is 7.26. The zero-order chi connectivity index (χ0) is 14.7. The smallest absolute Gasteiger partial charge is 0.207 e. The van der Waals surface area contributed by atoms with Crippen LogP contribution in [0.5, 0.6) is 0 Å². The zero-order valence-electron chi connectivity index (χ0n) is 10.7. The number of benzene rings is 1. The highest BCUT2D eigenvalue weighted by atomic mass is 32.2. The van der Waals surface area contributed by atoms with Crippen molar-refractivity contribution in [3.8, 4) is 12.3 Å². The van der Waals surface area contributed by atoms with E-state index in [-0.39, 0.29) is 0 Å². The maximum absolute atomic E-state index is 13.5. The minimum atomic E-state index is -4.36. The predicted molar refractivity (Wildman–Crippen MR) is 68.8 cm³/mol. The number of rotatable bonds is 5. The first-order chi connectivity index (χ1) is 8.82. The van der Waals surface area contributed by atoms with Crippen molar-refractivity contribution < 1.29 is 17.2 Å². The molecule has 1 aromatic rings. The van der Waals surface area contributed by atoms with Crippen LogP contribution in [0, 0.1) is 24.0 Å². The van der Waals surface area contributed by atoms with Gasteiger partial charge in [-0.15, -0.1) is 6.42 Å². The second kappa shape index (κ2) is 5.68. The van der Waals surface area contributed by atoms with Crippen molar-refractivity contribution in [1.82, 2.24) is 4.72 Å². The minimum Gasteiger partial charge on any atom is -0.207 e. The predicted octanol–water partition coefficient (Wildman–Crippen LogP) is 2.44. The van der Waals surface area contributed by atoms with Gasteiger partial charge in [0.2, 0.25) is 10.0 Å². The summed E-state index contributed by atoms with van der Waals surface area (Å²) in [6.45, 7) is 3.40. The van der Waals surface area contributed by atoms with Gasteiger partial charge in [-0.1, -0.05) is 25.8 Å². The third kappa shape index (κ3) is 3.11. The van der Waals surface area contributed by atoms with Crippen LogP contribution in [0.2, 0.25) is 0 Å². The third-order valence-electron chi connectivity index (χ3n) is 3.00.